The van der Waals surface area contributed by atoms with Crippen molar-refractivity contribution in [2.24, 2.45) is 5.92 Å². The largest absolute Gasteiger partial charge is 0.390 e. The third kappa shape index (κ3) is 1.80. The molecule has 0 amide bonds. The van der Waals surface area contributed by atoms with Crippen molar-refractivity contribution < 1.29 is 9.84 Å². The molecule has 1 fully saturated rings. The minimum absolute atomic E-state index is 0.191. The molecule has 0 aromatic rings. The van der Waals surface area contributed by atoms with Crippen LogP contribution in [0.2, 0.25) is 0 Å². The predicted octanol–water partition coefficient (Wildman–Crippen LogP) is 1.96. The molecule has 1 rings (SSSR count). The second-order valence-corrected chi connectivity index (χ2v) is 4.68. The van der Waals surface area contributed by atoms with Crippen LogP contribution in [0.3, 0.4) is 0 Å². The zero-order chi connectivity index (χ0) is 9.41. The highest BCUT2D eigenvalue weighted by molar-refractivity contribution is 4.97. The Kier molecular flexibility index (Phi) is 2.50. The standard InChI is InChI=1S/C10H20O2/c1-8-5-6-10(8,11)7-9(2,3)12-4/h8,11H,5-7H2,1-4H3. The molecule has 2 nitrogen and oxygen atoms in total. The van der Waals surface area contributed by atoms with E-state index in [4.69, 9.17) is 4.74 Å². The van der Waals surface area contributed by atoms with Crippen LogP contribution in [0.5, 0.6) is 0 Å². The fourth-order valence-corrected chi connectivity index (χ4v) is 1.84. The van der Waals surface area contributed by atoms with Crippen molar-refractivity contribution in [1.29, 1.82) is 0 Å². The van der Waals surface area contributed by atoms with Gasteiger partial charge in [-0.3, -0.25) is 0 Å². The van der Waals surface area contributed by atoms with Gasteiger partial charge in [-0.2, -0.15) is 0 Å². The van der Waals surface area contributed by atoms with Crippen LogP contribution in [0.25, 0.3) is 0 Å². The summed E-state index contributed by atoms with van der Waals surface area (Å²) in [7, 11) is 1.70. The van der Waals surface area contributed by atoms with Gasteiger partial charge < -0.3 is 9.84 Å². The number of aliphatic hydroxyl groups is 1. The van der Waals surface area contributed by atoms with Crippen LogP contribution in [0.4, 0.5) is 0 Å². The summed E-state index contributed by atoms with van der Waals surface area (Å²) in [5.74, 6) is 0.437. The topological polar surface area (TPSA) is 29.5 Å². The summed E-state index contributed by atoms with van der Waals surface area (Å²) in [4.78, 5) is 0. The SMILES string of the molecule is COC(C)(C)CC1(O)CCC1C. The van der Waals surface area contributed by atoms with Gasteiger partial charge in [-0.15, -0.1) is 0 Å². The summed E-state index contributed by atoms with van der Waals surface area (Å²) in [6.45, 7) is 6.15. The normalized spacial score (nSPS) is 36.2. The number of hydrogen-bond donors (Lipinski definition) is 1. The maximum atomic E-state index is 10.1. The summed E-state index contributed by atoms with van der Waals surface area (Å²) in [6.07, 6.45) is 2.83. The minimum atomic E-state index is -0.459. The third-order valence-electron chi connectivity index (χ3n) is 3.21. The van der Waals surface area contributed by atoms with Crippen molar-refractivity contribution in [3.05, 3.63) is 0 Å². The monoisotopic (exact) mass is 172 g/mol. The first-order chi connectivity index (χ1) is 5.40. The van der Waals surface area contributed by atoms with Crippen LogP contribution in [0.1, 0.15) is 40.0 Å². The summed E-state index contributed by atoms with van der Waals surface area (Å²) < 4.78 is 5.30. The molecular formula is C10H20O2. The molecule has 0 heterocycles. The molecule has 2 unspecified atom stereocenters. The van der Waals surface area contributed by atoms with Crippen molar-refractivity contribution in [2.75, 3.05) is 7.11 Å². The van der Waals surface area contributed by atoms with Gasteiger partial charge in [0.15, 0.2) is 0 Å². The van der Waals surface area contributed by atoms with Gasteiger partial charge in [-0.05, 0) is 32.6 Å². The molecule has 1 aliphatic carbocycles. The van der Waals surface area contributed by atoms with Gasteiger partial charge in [0.1, 0.15) is 0 Å². The molecule has 0 aliphatic heterocycles. The molecule has 12 heavy (non-hydrogen) atoms. The van der Waals surface area contributed by atoms with Crippen molar-refractivity contribution >= 4 is 0 Å². The number of methoxy groups -OCH3 is 1. The maximum absolute atomic E-state index is 10.1. The number of hydrogen-bond acceptors (Lipinski definition) is 2. The molecule has 1 aliphatic rings. The quantitative estimate of drug-likeness (QED) is 0.705. The smallest absolute Gasteiger partial charge is 0.0700 e. The molecule has 2 heteroatoms. The highest BCUT2D eigenvalue weighted by Gasteiger charge is 2.45. The predicted molar refractivity (Wildman–Crippen MR) is 49.1 cm³/mol. The van der Waals surface area contributed by atoms with E-state index in [1.54, 1.807) is 7.11 Å². The Morgan fingerprint density at radius 2 is 2.17 bits per heavy atom. The lowest BCUT2D eigenvalue weighted by Gasteiger charge is -2.47. The Hall–Kier alpha value is -0.0800. The molecular weight excluding hydrogens is 152 g/mol. The molecule has 0 saturated heterocycles. The molecule has 0 spiro atoms. The molecule has 2 atom stereocenters. The molecule has 1 saturated carbocycles. The molecule has 0 bridgehead atoms. The number of rotatable bonds is 3. The second kappa shape index (κ2) is 3.00. The molecule has 1 N–H and O–H groups in total. The van der Waals surface area contributed by atoms with Crippen molar-refractivity contribution in [3.8, 4) is 0 Å². The Labute approximate surface area is 74.9 Å². The lowest BCUT2D eigenvalue weighted by atomic mass is 9.66. The van der Waals surface area contributed by atoms with Crippen LogP contribution in [0.15, 0.2) is 0 Å². The van der Waals surface area contributed by atoms with Gasteiger partial charge >= 0.3 is 0 Å². The van der Waals surface area contributed by atoms with Crippen molar-refractivity contribution in [2.45, 2.75) is 51.2 Å². The van der Waals surface area contributed by atoms with Crippen LogP contribution in [0, 0.1) is 5.92 Å². The Balaban J connectivity index is 2.50. The van der Waals surface area contributed by atoms with Crippen LogP contribution in [-0.4, -0.2) is 23.4 Å². The zero-order valence-corrected chi connectivity index (χ0v) is 8.55. The van der Waals surface area contributed by atoms with E-state index in [1.807, 2.05) is 13.8 Å². The van der Waals surface area contributed by atoms with Crippen LogP contribution in [-0.2, 0) is 4.74 Å². The van der Waals surface area contributed by atoms with E-state index >= 15 is 0 Å². The first-order valence-electron chi connectivity index (χ1n) is 4.67. The second-order valence-electron chi connectivity index (χ2n) is 4.68. The van der Waals surface area contributed by atoms with E-state index in [1.165, 1.54) is 0 Å². The van der Waals surface area contributed by atoms with Gasteiger partial charge in [-0.1, -0.05) is 6.92 Å². The van der Waals surface area contributed by atoms with Gasteiger partial charge in [0.2, 0.25) is 0 Å². The van der Waals surface area contributed by atoms with Crippen molar-refractivity contribution in [1.82, 2.24) is 0 Å². The zero-order valence-electron chi connectivity index (χ0n) is 8.55. The first-order valence-corrected chi connectivity index (χ1v) is 4.67. The summed E-state index contributed by atoms with van der Waals surface area (Å²) in [6, 6.07) is 0. The van der Waals surface area contributed by atoms with E-state index in [0.29, 0.717) is 5.92 Å². The van der Waals surface area contributed by atoms with E-state index in [2.05, 4.69) is 6.92 Å². The molecule has 0 aromatic carbocycles. The van der Waals surface area contributed by atoms with E-state index in [-0.39, 0.29) is 5.60 Å². The van der Waals surface area contributed by atoms with Crippen molar-refractivity contribution in [3.63, 3.8) is 0 Å². The lowest BCUT2D eigenvalue weighted by molar-refractivity contribution is -0.139. The third-order valence-corrected chi connectivity index (χ3v) is 3.21. The average molecular weight is 172 g/mol. The Morgan fingerprint density at radius 3 is 2.42 bits per heavy atom. The fourth-order valence-electron chi connectivity index (χ4n) is 1.84. The number of ether oxygens (including phenoxy) is 1. The Bertz CT molecular complexity index is 165. The average Bonchev–Trinajstić information content (AvgIpc) is 2.01. The van der Waals surface area contributed by atoms with Crippen LogP contribution >= 0.6 is 0 Å². The van der Waals surface area contributed by atoms with Gasteiger partial charge in [0.25, 0.3) is 0 Å². The fraction of sp³-hybridized carbons (Fsp3) is 1.00. The van der Waals surface area contributed by atoms with E-state index in [9.17, 15) is 5.11 Å². The maximum Gasteiger partial charge on any atom is 0.0700 e. The van der Waals surface area contributed by atoms with E-state index in [0.717, 1.165) is 19.3 Å². The summed E-state index contributed by atoms with van der Waals surface area (Å²) in [5.41, 5.74) is -0.650. The van der Waals surface area contributed by atoms with Gasteiger partial charge in [0, 0.05) is 13.5 Å². The van der Waals surface area contributed by atoms with Gasteiger partial charge in [-0.25, -0.2) is 0 Å². The van der Waals surface area contributed by atoms with Gasteiger partial charge in [0.05, 0.1) is 11.2 Å². The highest BCUT2D eigenvalue weighted by atomic mass is 16.5. The first kappa shape index (κ1) is 10.0. The minimum Gasteiger partial charge on any atom is -0.390 e. The molecule has 72 valence electrons. The Morgan fingerprint density at radius 1 is 1.58 bits per heavy atom. The highest BCUT2D eigenvalue weighted by Crippen LogP contribution is 2.43. The summed E-state index contributed by atoms with van der Waals surface area (Å²) in [5, 5.41) is 10.1. The summed E-state index contributed by atoms with van der Waals surface area (Å²) >= 11 is 0. The van der Waals surface area contributed by atoms with E-state index < -0.39 is 5.60 Å². The molecule has 0 radical (unpaired) electrons. The lowest BCUT2D eigenvalue weighted by Crippen LogP contribution is -2.50. The van der Waals surface area contributed by atoms with Crippen LogP contribution < -0.4 is 0 Å². The molecule has 0 aromatic heterocycles.